The van der Waals surface area contributed by atoms with E-state index in [9.17, 15) is 12.8 Å². The first kappa shape index (κ1) is 13.2. The molecular formula is C10H9BrFN3O2S. The lowest BCUT2D eigenvalue weighted by atomic mass is 10.2. The van der Waals surface area contributed by atoms with Crippen molar-refractivity contribution in [1.82, 2.24) is 14.9 Å². The van der Waals surface area contributed by atoms with Crippen LogP contribution in [0.4, 0.5) is 4.39 Å². The molecule has 18 heavy (non-hydrogen) atoms. The smallest absolute Gasteiger partial charge is 0.243 e. The van der Waals surface area contributed by atoms with Crippen LogP contribution in [0.15, 0.2) is 40.0 Å². The van der Waals surface area contributed by atoms with Gasteiger partial charge in [0.05, 0.1) is 6.20 Å². The Bertz CT molecular complexity index is 643. The average Bonchev–Trinajstić information content (AvgIpc) is 2.85. The first-order valence-corrected chi connectivity index (χ1v) is 7.19. The molecule has 1 heterocycles. The zero-order chi connectivity index (χ0) is 13.2. The van der Waals surface area contributed by atoms with Crippen molar-refractivity contribution < 1.29 is 12.8 Å². The minimum absolute atomic E-state index is 0.00808. The zero-order valence-corrected chi connectivity index (χ0v) is 11.4. The highest BCUT2D eigenvalue weighted by molar-refractivity contribution is 9.10. The molecule has 2 N–H and O–H groups in total. The van der Waals surface area contributed by atoms with Crippen molar-refractivity contribution in [3.05, 3.63) is 46.4 Å². The minimum atomic E-state index is -3.63. The van der Waals surface area contributed by atoms with Gasteiger partial charge in [-0.2, -0.15) is 5.10 Å². The summed E-state index contributed by atoms with van der Waals surface area (Å²) in [5.74, 6) is -0.421. The van der Waals surface area contributed by atoms with E-state index in [0.717, 1.165) is 0 Å². The van der Waals surface area contributed by atoms with Crippen molar-refractivity contribution in [1.29, 1.82) is 0 Å². The van der Waals surface area contributed by atoms with Gasteiger partial charge in [0, 0.05) is 17.2 Å². The molecule has 0 aliphatic rings. The van der Waals surface area contributed by atoms with E-state index in [1.165, 1.54) is 30.6 Å². The monoisotopic (exact) mass is 333 g/mol. The van der Waals surface area contributed by atoms with Crippen molar-refractivity contribution in [2.75, 3.05) is 0 Å². The molecule has 0 aliphatic carbocycles. The summed E-state index contributed by atoms with van der Waals surface area (Å²) in [6.45, 7) is -0.00808. The summed E-state index contributed by atoms with van der Waals surface area (Å²) in [6, 6.07) is 4.08. The molecule has 0 atom stereocenters. The predicted octanol–water partition coefficient (Wildman–Crippen LogP) is 1.79. The number of nitrogens with one attached hydrogen (secondary N) is 2. The van der Waals surface area contributed by atoms with Crippen LogP contribution in [0.5, 0.6) is 0 Å². The maximum absolute atomic E-state index is 13.0. The fourth-order valence-electron chi connectivity index (χ4n) is 1.32. The predicted molar refractivity (Wildman–Crippen MR) is 66.7 cm³/mol. The molecule has 0 unspecified atom stereocenters. The third-order valence-corrected chi connectivity index (χ3v) is 4.39. The molecular weight excluding hydrogens is 325 g/mol. The number of aromatic amines is 1. The number of sulfonamides is 1. The van der Waals surface area contributed by atoms with E-state index < -0.39 is 15.8 Å². The van der Waals surface area contributed by atoms with Crippen molar-refractivity contribution in [2.24, 2.45) is 0 Å². The molecule has 0 saturated carbocycles. The van der Waals surface area contributed by atoms with E-state index in [1.54, 1.807) is 0 Å². The van der Waals surface area contributed by atoms with Gasteiger partial charge >= 0.3 is 0 Å². The highest BCUT2D eigenvalue weighted by atomic mass is 79.9. The Morgan fingerprint density at radius 3 is 2.89 bits per heavy atom. The third kappa shape index (κ3) is 2.95. The molecule has 0 radical (unpaired) electrons. The molecule has 0 fully saturated rings. The van der Waals surface area contributed by atoms with Gasteiger partial charge in [-0.25, -0.2) is 17.5 Å². The van der Waals surface area contributed by atoms with Gasteiger partial charge in [0.25, 0.3) is 0 Å². The van der Waals surface area contributed by atoms with Gasteiger partial charge in [-0.3, -0.25) is 5.10 Å². The molecule has 0 saturated heterocycles. The molecule has 0 spiro atoms. The summed E-state index contributed by atoms with van der Waals surface area (Å²) < 4.78 is 39.6. The average molecular weight is 334 g/mol. The Hall–Kier alpha value is -1.25. The lowest BCUT2D eigenvalue weighted by Gasteiger charge is -2.06. The van der Waals surface area contributed by atoms with E-state index >= 15 is 0 Å². The second-order valence-corrected chi connectivity index (χ2v) is 6.12. The van der Waals surface area contributed by atoms with Crippen LogP contribution >= 0.6 is 15.9 Å². The molecule has 2 rings (SSSR count). The maximum Gasteiger partial charge on any atom is 0.243 e. The lowest BCUT2D eigenvalue weighted by Crippen LogP contribution is -2.23. The molecule has 1 aromatic heterocycles. The van der Waals surface area contributed by atoms with Gasteiger partial charge in [0.2, 0.25) is 10.0 Å². The summed E-state index contributed by atoms with van der Waals surface area (Å²) in [5, 5.41) is 5.98. The van der Waals surface area contributed by atoms with Gasteiger partial charge in [-0.15, -0.1) is 0 Å². The van der Waals surface area contributed by atoms with Gasteiger partial charge in [0.1, 0.15) is 10.7 Å². The molecule has 8 heteroatoms. The third-order valence-electron chi connectivity index (χ3n) is 2.24. The van der Waals surface area contributed by atoms with Crippen molar-refractivity contribution in [3.8, 4) is 0 Å². The van der Waals surface area contributed by atoms with Gasteiger partial charge in [-0.1, -0.05) is 15.9 Å². The van der Waals surface area contributed by atoms with Crippen LogP contribution in [0, 0.1) is 5.82 Å². The van der Waals surface area contributed by atoms with Gasteiger partial charge in [-0.05, 0) is 23.8 Å². The number of halogens is 2. The van der Waals surface area contributed by atoms with Crippen LogP contribution in [0.1, 0.15) is 5.56 Å². The number of nitrogens with zero attached hydrogens (tertiary/aromatic N) is 1. The Balaban J connectivity index is 2.15. The Kier molecular flexibility index (Phi) is 3.79. The minimum Gasteiger partial charge on any atom is -0.284 e. The van der Waals surface area contributed by atoms with Crippen LogP contribution in [0.25, 0.3) is 0 Å². The zero-order valence-electron chi connectivity index (χ0n) is 9.02. The number of aromatic nitrogens is 2. The fourth-order valence-corrected chi connectivity index (χ4v) is 2.62. The molecule has 5 nitrogen and oxygen atoms in total. The van der Waals surface area contributed by atoms with Crippen LogP contribution in [-0.4, -0.2) is 18.6 Å². The molecule has 2 aromatic rings. The van der Waals surface area contributed by atoms with E-state index in [1.807, 2.05) is 0 Å². The fraction of sp³-hybridized carbons (Fsp3) is 0.100. The Morgan fingerprint density at radius 2 is 2.22 bits per heavy atom. The van der Waals surface area contributed by atoms with Gasteiger partial charge < -0.3 is 0 Å². The Labute approximate surface area is 112 Å². The quantitative estimate of drug-likeness (QED) is 0.895. The second-order valence-electron chi connectivity index (χ2n) is 3.49. The maximum atomic E-state index is 13.0. The number of hydrogen-bond donors (Lipinski definition) is 2. The van der Waals surface area contributed by atoms with Crippen LogP contribution in [-0.2, 0) is 16.6 Å². The summed E-state index contributed by atoms with van der Waals surface area (Å²) in [6.07, 6.45) is 2.46. The van der Waals surface area contributed by atoms with Crippen LogP contribution in [0.2, 0.25) is 0 Å². The van der Waals surface area contributed by atoms with Crippen molar-refractivity contribution in [3.63, 3.8) is 0 Å². The normalized spacial score (nSPS) is 11.7. The number of H-pyrrole nitrogens is 1. The SMILES string of the molecule is O=S(=O)(NCc1cc(F)ccc1Br)c1cn[nH]c1. The van der Waals surface area contributed by atoms with Crippen LogP contribution < -0.4 is 4.72 Å². The van der Waals surface area contributed by atoms with Gasteiger partial charge in [0.15, 0.2) is 0 Å². The largest absolute Gasteiger partial charge is 0.284 e. The molecule has 1 aromatic carbocycles. The molecule has 0 amide bonds. The summed E-state index contributed by atoms with van der Waals surface area (Å²) >= 11 is 3.23. The van der Waals surface area contributed by atoms with E-state index in [2.05, 4.69) is 30.8 Å². The second kappa shape index (κ2) is 5.17. The summed E-state index contributed by atoms with van der Waals surface area (Å²) in [7, 11) is -3.63. The van der Waals surface area contributed by atoms with E-state index in [4.69, 9.17) is 0 Å². The summed E-state index contributed by atoms with van der Waals surface area (Å²) in [4.78, 5) is 0.0371. The number of rotatable bonds is 4. The Morgan fingerprint density at radius 1 is 1.44 bits per heavy atom. The highest BCUT2D eigenvalue weighted by Crippen LogP contribution is 2.18. The summed E-state index contributed by atoms with van der Waals surface area (Å²) in [5.41, 5.74) is 0.516. The molecule has 0 aliphatic heterocycles. The van der Waals surface area contributed by atoms with Crippen LogP contribution in [0.3, 0.4) is 0 Å². The lowest BCUT2D eigenvalue weighted by molar-refractivity contribution is 0.580. The number of benzene rings is 1. The van der Waals surface area contributed by atoms with Crippen molar-refractivity contribution in [2.45, 2.75) is 11.4 Å². The molecule has 0 bridgehead atoms. The van der Waals surface area contributed by atoms with E-state index in [-0.39, 0.29) is 11.4 Å². The standard InChI is InChI=1S/C10H9BrFN3O2S/c11-10-2-1-8(12)3-7(10)4-15-18(16,17)9-5-13-14-6-9/h1-3,5-6,15H,4H2,(H,13,14). The number of hydrogen-bond acceptors (Lipinski definition) is 3. The first-order chi connectivity index (χ1) is 8.49. The highest BCUT2D eigenvalue weighted by Gasteiger charge is 2.15. The van der Waals surface area contributed by atoms with Crippen molar-refractivity contribution >= 4 is 26.0 Å². The molecule has 96 valence electrons. The van der Waals surface area contributed by atoms with E-state index in [0.29, 0.717) is 10.0 Å². The first-order valence-electron chi connectivity index (χ1n) is 4.91. The topological polar surface area (TPSA) is 74.8 Å².